The van der Waals surface area contributed by atoms with E-state index in [4.69, 9.17) is 0 Å². The van der Waals surface area contributed by atoms with E-state index in [9.17, 15) is 23.6 Å². The van der Waals surface area contributed by atoms with Gasteiger partial charge in [-0.1, -0.05) is 54.6 Å². The van der Waals surface area contributed by atoms with Crippen LogP contribution in [-0.2, 0) is 20.8 Å². The molecule has 0 fully saturated rings. The molecule has 41 heavy (non-hydrogen) atoms. The fourth-order valence-electron chi connectivity index (χ4n) is 4.10. The summed E-state index contributed by atoms with van der Waals surface area (Å²) >= 11 is 0. The number of carbonyl (C=O) groups excluding carboxylic acids is 4. The van der Waals surface area contributed by atoms with E-state index in [0.29, 0.717) is 12.0 Å². The number of amides is 4. The summed E-state index contributed by atoms with van der Waals surface area (Å²) in [5, 5.41) is 10.9. The molecule has 0 aliphatic heterocycles. The first-order chi connectivity index (χ1) is 19.5. The maximum Gasteiger partial charge on any atom is 0.251 e. The number of hydrogen-bond donors (Lipinski definition) is 4. The van der Waals surface area contributed by atoms with Gasteiger partial charge in [0, 0.05) is 30.6 Å². The van der Waals surface area contributed by atoms with E-state index in [2.05, 4.69) is 21.3 Å². The second kappa shape index (κ2) is 14.7. The Morgan fingerprint density at radius 2 is 1.46 bits per heavy atom. The first kappa shape index (κ1) is 31.0. The number of carbonyl (C=O) groups is 4. The zero-order valence-corrected chi connectivity index (χ0v) is 23.6. The maximum atomic E-state index is 13.2. The average Bonchev–Trinajstić information content (AvgIpc) is 2.93. The van der Waals surface area contributed by atoms with Crippen LogP contribution in [0.15, 0.2) is 78.9 Å². The van der Waals surface area contributed by atoms with E-state index in [1.54, 1.807) is 30.3 Å². The molecule has 3 aromatic carbocycles. The van der Waals surface area contributed by atoms with Crippen molar-refractivity contribution < 1.29 is 23.6 Å². The van der Waals surface area contributed by atoms with Crippen molar-refractivity contribution in [2.75, 3.05) is 13.1 Å². The van der Waals surface area contributed by atoms with Crippen LogP contribution >= 0.6 is 0 Å². The molecule has 3 rings (SSSR count). The molecule has 0 saturated carbocycles. The summed E-state index contributed by atoms with van der Waals surface area (Å²) in [5.41, 5.74) is 2.47. The largest absolute Gasteiger partial charge is 0.353 e. The first-order valence-electron chi connectivity index (χ1n) is 13.6. The standard InChI is InChI=1S/C32H37FN4O4/c1-32(2,3)37-29(39)21-27(36-28(38)17-12-22-8-5-4-6-9-22)31(41)35-19-18-34-30(40)25-11-7-10-24(20-25)23-13-15-26(33)16-14-23/h4-11,13-16,20,27H,12,17-19,21H2,1-3H3,(H,34,40)(H,35,41)(H,36,38)(H,37,39)/t27-/m0/s1. The Morgan fingerprint density at radius 3 is 2.15 bits per heavy atom. The molecule has 4 amide bonds. The van der Waals surface area contributed by atoms with Crippen LogP contribution in [0.4, 0.5) is 4.39 Å². The molecule has 0 unspecified atom stereocenters. The minimum absolute atomic E-state index is 0.0967. The Balaban J connectivity index is 1.53. The third-order valence-corrected chi connectivity index (χ3v) is 6.05. The van der Waals surface area contributed by atoms with Crippen molar-refractivity contribution in [3.63, 3.8) is 0 Å². The second-order valence-corrected chi connectivity index (χ2v) is 10.7. The van der Waals surface area contributed by atoms with Crippen LogP contribution in [-0.4, -0.2) is 48.3 Å². The zero-order chi connectivity index (χ0) is 29.8. The Kier molecular flexibility index (Phi) is 11.1. The average molecular weight is 561 g/mol. The van der Waals surface area contributed by atoms with Crippen LogP contribution < -0.4 is 21.3 Å². The molecule has 8 nitrogen and oxygen atoms in total. The minimum Gasteiger partial charge on any atom is -0.353 e. The molecule has 4 N–H and O–H groups in total. The van der Waals surface area contributed by atoms with Crippen LogP contribution in [0.2, 0.25) is 0 Å². The van der Waals surface area contributed by atoms with Crippen molar-refractivity contribution in [1.29, 1.82) is 0 Å². The summed E-state index contributed by atoms with van der Waals surface area (Å²) in [6.07, 6.45) is 0.452. The molecule has 0 aromatic heterocycles. The van der Waals surface area contributed by atoms with Gasteiger partial charge in [-0.2, -0.15) is 0 Å². The molecule has 216 valence electrons. The van der Waals surface area contributed by atoms with Crippen LogP contribution in [0.5, 0.6) is 0 Å². The van der Waals surface area contributed by atoms with Gasteiger partial charge in [0.05, 0.1) is 6.42 Å². The SMILES string of the molecule is CC(C)(C)NC(=O)C[C@H](NC(=O)CCc1ccccc1)C(=O)NCCNC(=O)c1cccc(-c2ccc(F)cc2)c1. The van der Waals surface area contributed by atoms with E-state index < -0.39 is 17.5 Å². The number of rotatable bonds is 12. The molecule has 0 heterocycles. The van der Waals surface area contributed by atoms with Crippen LogP contribution in [0.1, 0.15) is 49.5 Å². The van der Waals surface area contributed by atoms with E-state index in [-0.39, 0.29) is 49.5 Å². The lowest BCUT2D eigenvalue weighted by molar-refractivity contribution is -0.132. The van der Waals surface area contributed by atoms with Gasteiger partial charge in [0.15, 0.2) is 0 Å². The predicted molar refractivity (Wildman–Crippen MR) is 156 cm³/mol. The maximum absolute atomic E-state index is 13.2. The van der Waals surface area contributed by atoms with Gasteiger partial charge in [0.1, 0.15) is 11.9 Å². The van der Waals surface area contributed by atoms with E-state index >= 15 is 0 Å². The highest BCUT2D eigenvalue weighted by Crippen LogP contribution is 2.20. The molecule has 0 spiro atoms. The summed E-state index contributed by atoms with van der Waals surface area (Å²) in [6, 6.07) is 21.4. The van der Waals surface area contributed by atoms with Gasteiger partial charge >= 0.3 is 0 Å². The summed E-state index contributed by atoms with van der Waals surface area (Å²) < 4.78 is 13.2. The summed E-state index contributed by atoms with van der Waals surface area (Å²) in [7, 11) is 0. The molecular weight excluding hydrogens is 523 g/mol. The van der Waals surface area contributed by atoms with Crippen molar-refractivity contribution in [2.24, 2.45) is 0 Å². The van der Waals surface area contributed by atoms with Gasteiger partial charge < -0.3 is 21.3 Å². The second-order valence-electron chi connectivity index (χ2n) is 10.7. The lowest BCUT2D eigenvalue weighted by Crippen LogP contribution is -2.51. The molecule has 0 aliphatic carbocycles. The van der Waals surface area contributed by atoms with Gasteiger partial charge in [0.2, 0.25) is 17.7 Å². The highest BCUT2D eigenvalue weighted by molar-refractivity contribution is 5.95. The van der Waals surface area contributed by atoms with E-state index in [1.165, 1.54) is 12.1 Å². The summed E-state index contributed by atoms with van der Waals surface area (Å²) in [6.45, 7) is 5.72. The molecule has 0 aliphatic rings. The molecule has 0 radical (unpaired) electrons. The number of halogens is 1. The minimum atomic E-state index is -1.07. The highest BCUT2D eigenvalue weighted by Gasteiger charge is 2.25. The quantitative estimate of drug-likeness (QED) is 0.253. The molecule has 3 aromatic rings. The Hall–Kier alpha value is -4.53. The fourth-order valence-corrected chi connectivity index (χ4v) is 4.10. The van der Waals surface area contributed by atoms with Gasteiger partial charge in [-0.25, -0.2) is 4.39 Å². The van der Waals surface area contributed by atoms with Gasteiger partial charge in [-0.15, -0.1) is 0 Å². The molecule has 9 heteroatoms. The van der Waals surface area contributed by atoms with Gasteiger partial charge in [0.25, 0.3) is 5.91 Å². The number of aryl methyl sites for hydroxylation is 1. The number of hydrogen-bond acceptors (Lipinski definition) is 4. The predicted octanol–water partition coefficient (Wildman–Crippen LogP) is 3.76. The van der Waals surface area contributed by atoms with Crippen molar-refractivity contribution in [2.45, 2.75) is 51.6 Å². The van der Waals surface area contributed by atoms with Crippen LogP contribution in [0, 0.1) is 5.82 Å². The Morgan fingerprint density at radius 1 is 0.780 bits per heavy atom. The molecule has 1 atom stereocenters. The molecule has 0 bridgehead atoms. The van der Waals surface area contributed by atoms with E-state index in [1.807, 2.05) is 57.2 Å². The smallest absolute Gasteiger partial charge is 0.251 e. The first-order valence-corrected chi connectivity index (χ1v) is 13.6. The Bertz CT molecular complexity index is 1340. The van der Waals surface area contributed by atoms with Crippen LogP contribution in [0.3, 0.4) is 0 Å². The molecular formula is C32H37FN4O4. The Labute approximate surface area is 240 Å². The number of nitrogens with one attached hydrogen (secondary N) is 4. The van der Waals surface area contributed by atoms with E-state index in [0.717, 1.165) is 16.7 Å². The third kappa shape index (κ3) is 10.9. The normalized spacial score (nSPS) is 11.7. The van der Waals surface area contributed by atoms with Crippen molar-refractivity contribution in [3.05, 3.63) is 95.8 Å². The fraction of sp³-hybridized carbons (Fsp3) is 0.312. The summed E-state index contributed by atoms with van der Waals surface area (Å²) in [4.78, 5) is 50.8. The van der Waals surface area contributed by atoms with Crippen molar-refractivity contribution >= 4 is 23.6 Å². The molecule has 0 saturated heterocycles. The van der Waals surface area contributed by atoms with Crippen LogP contribution in [0.25, 0.3) is 11.1 Å². The summed E-state index contributed by atoms with van der Waals surface area (Å²) in [5.74, 6) is -1.90. The lowest BCUT2D eigenvalue weighted by atomic mass is 10.0. The third-order valence-electron chi connectivity index (χ3n) is 6.05. The van der Waals surface area contributed by atoms with Gasteiger partial charge in [-0.05, 0) is 68.1 Å². The lowest BCUT2D eigenvalue weighted by Gasteiger charge is -2.23. The van der Waals surface area contributed by atoms with Crippen molar-refractivity contribution in [1.82, 2.24) is 21.3 Å². The zero-order valence-electron chi connectivity index (χ0n) is 23.6. The van der Waals surface area contributed by atoms with Gasteiger partial charge in [-0.3, -0.25) is 19.2 Å². The van der Waals surface area contributed by atoms with Crippen molar-refractivity contribution in [3.8, 4) is 11.1 Å². The highest BCUT2D eigenvalue weighted by atomic mass is 19.1. The number of benzene rings is 3. The topological polar surface area (TPSA) is 116 Å². The monoisotopic (exact) mass is 560 g/mol.